The lowest BCUT2D eigenvalue weighted by molar-refractivity contribution is 0.0942. The maximum Gasteiger partial charge on any atom is 0.340 e. The summed E-state index contributed by atoms with van der Waals surface area (Å²) in [5, 5.41) is 7.89. The minimum atomic E-state index is -1.76. The highest BCUT2D eigenvalue weighted by molar-refractivity contribution is 5.94. The predicted molar refractivity (Wildman–Crippen MR) is 66.1 cm³/mol. The number of benzene rings is 1. The number of aromatic amines is 2. The smallest absolute Gasteiger partial charge is 0.340 e. The van der Waals surface area contributed by atoms with Gasteiger partial charge in [-0.3, -0.25) is 9.78 Å². The third-order valence-electron chi connectivity index (χ3n) is 2.76. The van der Waals surface area contributed by atoms with Gasteiger partial charge in [0.15, 0.2) is 23.3 Å². The van der Waals surface area contributed by atoms with Crippen molar-refractivity contribution in [3.63, 3.8) is 0 Å². The van der Waals surface area contributed by atoms with E-state index in [1.807, 2.05) is 0 Å². The van der Waals surface area contributed by atoms with Crippen molar-refractivity contribution in [3.8, 4) is 0 Å². The zero-order valence-corrected chi connectivity index (χ0v) is 11.0. The molecule has 0 aliphatic rings. The second-order valence-electron chi connectivity index (χ2n) is 4.33. The molecule has 0 spiro atoms. The van der Waals surface area contributed by atoms with Gasteiger partial charge in [-0.2, -0.15) is 5.10 Å². The van der Waals surface area contributed by atoms with Crippen molar-refractivity contribution in [2.75, 3.05) is 6.54 Å². The summed E-state index contributed by atoms with van der Waals surface area (Å²) in [4.78, 5) is 24.7. The molecular formula is C12H10F4N4O2. The van der Waals surface area contributed by atoms with E-state index in [1.165, 1.54) is 0 Å². The van der Waals surface area contributed by atoms with Gasteiger partial charge in [0.2, 0.25) is 0 Å². The van der Waals surface area contributed by atoms with Gasteiger partial charge in [-0.25, -0.2) is 27.5 Å². The number of aromatic nitrogens is 3. The van der Waals surface area contributed by atoms with E-state index in [1.54, 1.807) is 0 Å². The molecule has 0 bridgehead atoms. The maximum absolute atomic E-state index is 13.4. The Labute approximate surface area is 120 Å². The Balaban J connectivity index is 1.97. The first-order valence-corrected chi connectivity index (χ1v) is 6.15. The number of nitrogens with one attached hydrogen (secondary N) is 3. The van der Waals surface area contributed by atoms with Crippen molar-refractivity contribution >= 4 is 5.91 Å². The lowest BCUT2D eigenvalue weighted by Crippen LogP contribution is -2.27. The van der Waals surface area contributed by atoms with Crippen LogP contribution in [-0.4, -0.2) is 27.6 Å². The summed E-state index contributed by atoms with van der Waals surface area (Å²) in [5.41, 5.74) is -1.80. The fraction of sp³-hybridized carbons (Fsp3) is 0.250. The number of H-pyrrole nitrogens is 2. The molecule has 0 aliphatic heterocycles. The molecule has 0 fully saturated rings. The lowest BCUT2D eigenvalue weighted by Gasteiger charge is -2.07. The van der Waals surface area contributed by atoms with E-state index in [-0.39, 0.29) is 25.5 Å². The highest BCUT2D eigenvalue weighted by Crippen LogP contribution is 2.19. The summed E-state index contributed by atoms with van der Waals surface area (Å²) in [7, 11) is 0. The molecule has 0 atom stereocenters. The molecule has 2 rings (SSSR count). The number of amides is 1. The van der Waals surface area contributed by atoms with E-state index in [4.69, 9.17) is 0 Å². The topological polar surface area (TPSA) is 90.6 Å². The quantitative estimate of drug-likeness (QED) is 0.437. The van der Waals surface area contributed by atoms with Crippen molar-refractivity contribution in [2.45, 2.75) is 12.8 Å². The summed E-state index contributed by atoms with van der Waals surface area (Å²) in [6.07, 6.45) is 0.565. The SMILES string of the molecule is O=C(NCCCc1n[nH]c(=O)[nH]1)c1c(F)c(F)cc(F)c1F. The molecule has 1 aromatic heterocycles. The number of nitrogens with zero attached hydrogens (tertiary/aromatic N) is 1. The molecule has 1 heterocycles. The van der Waals surface area contributed by atoms with Crippen LogP contribution >= 0.6 is 0 Å². The molecular weight excluding hydrogens is 308 g/mol. The van der Waals surface area contributed by atoms with Gasteiger partial charge < -0.3 is 5.32 Å². The molecule has 0 saturated heterocycles. The van der Waals surface area contributed by atoms with Crippen LogP contribution in [0.5, 0.6) is 0 Å². The number of halogens is 4. The van der Waals surface area contributed by atoms with Gasteiger partial charge in [-0.05, 0) is 6.42 Å². The number of carbonyl (C=O) groups excluding carboxylic acids is 1. The van der Waals surface area contributed by atoms with E-state index in [2.05, 4.69) is 20.5 Å². The van der Waals surface area contributed by atoms with Crippen LogP contribution in [0.25, 0.3) is 0 Å². The van der Waals surface area contributed by atoms with Crippen molar-refractivity contribution in [3.05, 3.63) is 51.2 Å². The number of aryl methyl sites for hydroxylation is 1. The van der Waals surface area contributed by atoms with E-state index in [9.17, 15) is 27.2 Å². The zero-order valence-electron chi connectivity index (χ0n) is 11.0. The largest absolute Gasteiger partial charge is 0.352 e. The van der Waals surface area contributed by atoms with Crippen LogP contribution < -0.4 is 11.0 Å². The number of rotatable bonds is 5. The summed E-state index contributed by atoms with van der Waals surface area (Å²) in [6, 6.07) is 0.0232. The third kappa shape index (κ3) is 3.32. The minimum Gasteiger partial charge on any atom is -0.352 e. The normalized spacial score (nSPS) is 10.7. The van der Waals surface area contributed by atoms with Gasteiger partial charge in [0, 0.05) is 19.0 Å². The second-order valence-corrected chi connectivity index (χ2v) is 4.33. The van der Waals surface area contributed by atoms with Gasteiger partial charge in [0.25, 0.3) is 5.91 Å². The van der Waals surface area contributed by atoms with Crippen molar-refractivity contribution in [2.24, 2.45) is 0 Å². The monoisotopic (exact) mass is 318 g/mol. The lowest BCUT2D eigenvalue weighted by atomic mass is 10.1. The molecule has 2 aromatic rings. The molecule has 0 saturated carbocycles. The minimum absolute atomic E-state index is 0.0232. The first-order valence-electron chi connectivity index (χ1n) is 6.15. The Morgan fingerprint density at radius 1 is 1.18 bits per heavy atom. The summed E-state index contributed by atoms with van der Waals surface area (Å²) in [5.74, 6) is -7.75. The second kappa shape index (κ2) is 6.41. The van der Waals surface area contributed by atoms with E-state index in [0.29, 0.717) is 5.82 Å². The van der Waals surface area contributed by atoms with Crippen LogP contribution in [0.1, 0.15) is 22.6 Å². The van der Waals surface area contributed by atoms with Crippen molar-refractivity contribution < 1.29 is 22.4 Å². The molecule has 0 radical (unpaired) electrons. The van der Waals surface area contributed by atoms with Crippen LogP contribution in [0, 0.1) is 23.3 Å². The van der Waals surface area contributed by atoms with Crippen LogP contribution in [0.3, 0.4) is 0 Å². The van der Waals surface area contributed by atoms with E-state index >= 15 is 0 Å². The summed E-state index contributed by atoms with van der Waals surface area (Å²) < 4.78 is 52.7. The molecule has 0 aliphatic carbocycles. The Bertz CT molecular complexity index is 730. The first-order chi connectivity index (χ1) is 10.4. The molecule has 1 amide bonds. The van der Waals surface area contributed by atoms with Crippen LogP contribution in [0.4, 0.5) is 17.6 Å². The Hall–Kier alpha value is -2.65. The van der Waals surface area contributed by atoms with Crippen LogP contribution in [0.15, 0.2) is 10.9 Å². The highest BCUT2D eigenvalue weighted by Gasteiger charge is 2.24. The zero-order chi connectivity index (χ0) is 16.3. The summed E-state index contributed by atoms with van der Waals surface area (Å²) in [6.45, 7) is -0.0370. The number of hydrogen-bond acceptors (Lipinski definition) is 3. The van der Waals surface area contributed by atoms with Gasteiger partial charge in [-0.1, -0.05) is 0 Å². The Morgan fingerprint density at radius 2 is 1.82 bits per heavy atom. The van der Waals surface area contributed by atoms with E-state index in [0.717, 1.165) is 0 Å². The van der Waals surface area contributed by atoms with Crippen molar-refractivity contribution in [1.82, 2.24) is 20.5 Å². The van der Waals surface area contributed by atoms with Crippen molar-refractivity contribution in [1.29, 1.82) is 0 Å². The highest BCUT2D eigenvalue weighted by atomic mass is 19.2. The first kappa shape index (κ1) is 15.7. The summed E-state index contributed by atoms with van der Waals surface area (Å²) >= 11 is 0. The average molecular weight is 318 g/mol. The molecule has 118 valence electrons. The van der Waals surface area contributed by atoms with Gasteiger partial charge >= 0.3 is 5.69 Å². The Kier molecular flexibility index (Phi) is 4.59. The molecule has 10 heteroatoms. The van der Waals surface area contributed by atoms with E-state index < -0.39 is 40.4 Å². The van der Waals surface area contributed by atoms with Crippen LogP contribution in [0.2, 0.25) is 0 Å². The number of carbonyl (C=O) groups is 1. The molecule has 0 unspecified atom stereocenters. The van der Waals surface area contributed by atoms with Gasteiger partial charge in [-0.15, -0.1) is 0 Å². The molecule has 6 nitrogen and oxygen atoms in total. The van der Waals surface area contributed by atoms with Crippen LogP contribution in [-0.2, 0) is 6.42 Å². The average Bonchev–Trinajstić information content (AvgIpc) is 2.87. The standard InChI is InChI=1S/C12H10F4N4O2/c13-5-4-6(14)10(16)8(9(5)15)11(21)17-3-1-2-7-18-12(22)20-19-7/h4H,1-3H2,(H,17,21)(H2,18,19,20,22). The fourth-order valence-electron chi connectivity index (χ4n) is 1.74. The van der Waals surface area contributed by atoms with Gasteiger partial charge in [0.05, 0.1) is 0 Å². The third-order valence-corrected chi connectivity index (χ3v) is 2.76. The Morgan fingerprint density at radius 3 is 2.36 bits per heavy atom. The fourth-order valence-corrected chi connectivity index (χ4v) is 1.74. The molecule has 22 heavy (non-hydrogen) atoms. The molecule has 1 aromatic carbocycles. The number of hydrogen-bond donors (Lipinski definition) is 3. The predicted octanol–water partition coefficient (Wildman–Crippen LogP) is 1.02. The van der Waals surface area contributed by atoms with Gasteiger partial charge in [0.1, 0.15) is 11.4 Å². The molecule has 3 N–H and O–H groups in total. The maximum atomic E-state index is 13.4.